The van der Waals surface area contributed by atoms with Crippen molar-refractivity contribution in [1.29, 1.82) is 0 Å². The van der Waals surface area contributed by atoms with E-state index in [1.54, 1.807) is 24.3 Å². The highest BCUT2D eigenvalue weighted by atomic mass is 35.5. The number of ether oxygens (including phenoxy) is 2. The van der Waals surface area contributed by atoms with Crippen LogP contribution in [0.2, 0.25) is 5.02 Å². The zero-order valence-corrected chi connectivity index (χ0v) is 20.4. The van der Waals surface area contributed by atoms with Gasteiger partial charge in [-0.1, -0.05) is 35.9 Å². The smallest absolute Gasteiger partial charge is 0.264 e. The summed E-state index contributed by atoms with van der Waals surface area (Å²) in [6.07, 6.45) is -1.02. The largest absolute Gasteiger partial charge is 0.491 e. The van der Waals surface area contributed by atoms with E-state index in [2.05, 4.69) is 5.32 Å². The summed E-state index contributed by atoms with van der Waals surface area (Å²) >= 11 is 5.92. The molecule has 1 aliphatic heterocycles. The summed E-state index contributed by atoms with van der Waals surface area (Å²) in [5, 5.41) is 3.21. The third kappa shape index (κ3) is 4.98. The first-order chi connectivity index (χ1) is 16.3. The van der Waals surface area contributed by atoms with Gasteiger partial charge in [0.2, 0.25) is 0 Å². The lowest BCUT2D eigenvalue weighted by Crippen LogP contribution is -2.51. The number of halogens is 1. The Kier molecular flexibility index (Phi) is 7.00. The van der Waals surface area contributed by atoms with Crippen LogP contribution in [0.4, 0.5) is 5.69 Å². The monoisotopic (exact) mass is 500 g/mol. The number of anilines is 1. The number of rotatable bonds is 7. The molecular weight excluding hydrogens is 476 g/mol. The predicted octanol–water partition coefficient (Wildman–Crippen LogP) is 4.11. The van der Waals surface area contributed by atoms with Gasteiger partial charge in [0.1, 0.15) is 18.1 Å². The molecule has 0 bridgehead atoms. The van der Waals surface area contributed by atoms with Crippen molar-refractivity contribution in [2.75, 3.05) is 24.0 Å². The first-order valence-corrected chi connectivity index (χ1v) is 12.6. The molecule has 178 valence electrons. The molecule has 7 nitrogen and oxygen atoms in total. The van der Waals surface area contributed by atoms with Crippen molar-refractivity contribution in [2.45, 2.75) is 24.8 Å². The van der Waals surface area contributed by atoms with Crippen LogP contribution in [0.3, 0.4) is 0 Å². The highest BCUT2D eigenvalue weighted by Crippen LogP contribution is 2.37. The number of aryl methyl sites for hydroxylation is 1. The number of para-hydroxylation sites is 2. The Morgan fingerprint density at radius 3 is 2.59 bits per heavy atom. The van der Waals surface area contributed by atoms with E-state index in [-0.39, 0.29) is 24.6 Å². The SMILES string of the molecule is Cc1cccc(OCCNC(=O)C2CN(S(=O)(=O)c3ccc(Cl)cc3)c3ccccc3O2)c1C. The molecule has 1 N–H and O–H groups in total. The number of hydrogen-bond acceptors (Lipinski definition) is 5. The maximum absolute atomic E-state index is 13.4. The van der Waals surface area contributed by atoms with Gasteiger partial charge in [0.05, 0.1) is 23.7 Å². The van der Waals surface area contributed by atoms with Crippen LogP contribution >= 0.6 is 11.6 Å². The van der Waals surface area contributed by atoms with E-state index in [9.17, 15) is 13.2 Å². The molecule has 0 aliphatic carbocycles. The second-order valence-corrected chi connectivity index (χ2v) is 10.2. The lowest BCUT2D eigenvalue weighted by molar-refractivity contribution is -0.127. The fourth-order valence-electron chi connectivity index (χ4n) is 3.63. The number of nitrogens with zero attached hydrogens (tertiary/aromatic N) is 1. The van der Waals surface area contributed by atoms with Crippen LogP contribution in [-0.4, -0.2) is 40.1 Å². The van der Waals surface area contributed by atoms with Crippen LogP contribution < -0.4 is 19.1 Å². The van der Waals surface area contributed by atoms with Crippen molar-refractivity contribution >= 4 is 33.2 Å². The van der Waals surface area contributed by atoms with E-state index in [0.717, 1.165) is 16.9 Å². The second kappa shape index (κ2) is 9.95. The predicted molar refractivity (Wildman–Crippen MR) is 131 cm³/mol. The second-order valence-electron chi connectivity index (χ2n) is 7.90. The molecule has 1 heterocycles. The van der Waals surface area contributed by atoms with Gasteiger partial charge in [-0.3, -0.25) is 9.10 Å². The van der Waals surface area contributed by atoms with Gasteiger partial charge < -0.3 is 14.8 Å². The van der Waals surface area contributed by atoms with Crippen LogP contribution in [0.15, 0.2) is 71.6 Å². The number of fused-ring (bicyclic) bond motifs is 1. The number of benzene rings is 3. The zero-order valence-electron chi connectivity index (χ0n) is 18.8. The Bertz CT molecular complexity index is 1290. The van der Waals surface area contributed by atoms with Gasteiger partial charge in [-0.05, 0) is 67.4 Å². The number of carbonyl (C=O) groups excluding carboxylic acids is 1. The molecule has 0 saturated carbocycles. The normalized spacial score (nSPS) is 15.3. The third-order valence-electron chi connectivity index (χ3n) is 5.64. The van der Waals surface area contributed by atoms with Gasteiger partial charge in [-0.15, -0.1) is 0 Å². The number of amides is 1. The van der Waals surface area contributed by atoms with Gasteiger partial charge in [0.25, 0.3) is 15.9 Å². The summed E-state index contributed by atoms with van der Waals surface area (Å²) in [6.45, 7) is 4.34. The van der Waals surface area contributed by atoms with Crippen LogP contribution in [0.25, 0.3) is 0 Å². The molecule has 0 radical (unpaired) electrons. The molecule has 1 atom stereocenters. The Hall–Kier alpha value is -3.23. The van der Waals surface area contributed by atoms with Gasteiger partial charge in [-0.25, -0.2) is 8.42 Å². The van der Waals surface area contributed by atoms with E-state index >= 15 is 0 Å². The van der Waals surface area contributed by atoms with Crippen molar-refractivity contribution in [3.05, 3.63) is 82.9 Å². The minimum Gasteiger partial charge on any atom is -0.491 e. The Morgan fingerprint density at radius 1 is 1.09 bits per heavy atom. The minimum absolute atomic E-state index is 0.0784. The topological polar surface area (TPSA) is 84.9 Å². The van der Waals surface area contributed by atoms with E-state index in [0.29, 0.717) is 16.5 Å². The molecule has 0 aromatic heterocycles. The van der Waals surface area contributed by atoms with Gasteiger partial charge in [-0.2, -0.15) is 0 Å². The van der Waals surface area contributed by atoms with Gasteiger partial charge in [0, 0.05) is 5.02 Å². The molecule has 0 saturated heterocycles. The quantitative estimate of drug-likeness (QED) is 0.493. The lowest BCUT2D eigenvalue weighted by atomic mass is 10.1. The van der Waals surface area contributed by atoms with Crippen LogP contribution in [0, 0.1) is 13.8 Å². The van der Waals surface area contributed by atoms with Crippen molar-refractivity contribution in [1.82, 2.24) is 5.32 Å². The number of sulfonamides is 1. The molecule has 1 amide bonds. The summed E-state index contributed by atoms with van der Waals surface area (Å²) < 4.78 is 39.6. The van der Waals surface area contributed by atoms with E-state index in [4.69, 9.17) is 21.1 Å². The van der Waals surface area contributed by atoms with Crippen molar-refractivity contribution in [2.24, 2.45) is 0 Å². The lowest BCUT2D eigenvalue weighted by Gasteiger charge is -2.34. The summed E-state index contributed by atoms with van der Waals surface area (Å²) in [5.41, 5.74) is 2.54. The summed E-state index contributed by atoms with van der Waals surface area (Å²) in [4.78, 5) is 12.9. The maximum Gasteiger partial charge on any atom is 0.264 e. The van der Waals surface area contributed by atoms with Gasteiger partial charge in [0.15, 0.2) is 6.10 Å². The first kappa shape index (κ1) is 23.9. The maximum atomic E-state index is 13.4. The first-order valence-electron chi connectivity index (χ1n) is 10.8. The fraction of sp³-hybridized carbons (Fsp3) is 0.240. The Morgan fingerprint density at radius 2 is 1.82 bits per heavy atom. The summed E-state index contributed by atoms with van der Waals surface area (Å²) in [7, 11) is -3.94. The molecule has 3 aromatic rings. The molecule has 34 heavy (non-hydrogen) atoms. The third-order valence-corrected chi connectivity index (χ3v) is 7.69. The average molecular weight is 501 g/mol. The Labute approximate surface area is 204 Å². The molecule has 1 unspecified atom stereocenters. The van der Waals surface area contributed by atoms with Gasteiger partial charge >= 0.3 is 0 Å². The molecule has 4 rings (SSSR count). The number of nitrogens with one attached hydrogen (secondary N) is 1. The number of hydrogen-bond donors (Lipinski definition) is 1. The number of carbonyl (C=O) groups is 1. The molecule has 3 aromatic carbocycles. The van der Waals surface area contributed by atoms with E-state index in [1.807, 2.05) is 32.0 Å². The highest BCUT2D eigenvalue weighted by Gasteiger charge is 2.37. The average Bonchev–Trinajstić information content (AvgIpc) is 2.83. The van der Waals surface area contributed by atoms with Crippen molar-refractivity contribution in [3.8, 4) is 11.5 Å². The molecule has 0 fully saturated rings. The fourth-order valence-corrected chi connectivity index (χ4v) is 5.23. The molecular formula is C25H25ClN2O5S. The standard InChI is InChI=1S/C25H25ClN2O5S/c1-17-6-5-9-22(18(17)2)32-15-14-27-25(29)24-16-28(21-7-3-4-8-23(21)33-24)34(30,31)20-12-10-19(26)11-13-20/h3-13,24H,14-16H2,1-2H3,(H,27,29). The molecule has 1 aliphatic rings. The molecule has 0 spiro atoms. The Balaban J connectivity index is 1.46. The summed E-state index contributed by atoms with van der Waals surface area (Å²) in [5.74, 6) is 0.658. The van der Waals surface area contributed by atoms with Crippen LogP contribution in [0.1, 0.15) is 11.1 Å². The van der Waals surface area contributed by atoms with Crippen LogP contribution in [-0.2, 0) is 14.8 Å². The summed E-state index contributed by atoms with van der Waals surface area (Å²) in [6, 6.07) is 18.4. The molecule has 9 heteroatoms. The zero-order chi connectivity index (χ0) is 24.3. The van der Waals surface area contributed by atoms with E-state index in [1.165, 1.54) is 28.6 Å². The van der Waals surface area contributed by atoms with Crippen LogP contribution in [0.5, 0.6) is 11.5 Å². The minimum atomic E-state index is -3.94. The van der Waals surface area contributed by atoms with Crippen molar-refractivity contribution < 1.29 is 22.7 Å². The highest BCUT2D eigenvalue weighted by molar-refractivity contribution is 7.92. The van der Waals surface area contributed by atoms with Crippen molar-refractivity contribution in [3.63, 3.8) is 0 Å². The van der Waals surface area contributed by atoms with E-state index < -0.39 is 22.0 Å².